The van der Waals surface area contributed by atoms with Gasteiger partial charge in [0.1, 0.15) is 0 Å². The van der Waals surface area contributed by atoms with Crippen molar-refractivity contribution in [2.24, 2.45) is 7.05 Å². The molecule has 22 heavy (non-hydrogen) atoms. The normalized spacial score (nSPS) is 10.6. The second-order valence-electron chi connectivity index (χ2n) is 4.70. The van der Waals surface area contributed by atoms with Crippen LogP contribution in [0.25, 0.3) is 5.69 Å². The van der Waals surface area contributed by atoms with Crippen LogP contribution in [0.5, 0.6) is 0 Å². The molecular formula is C14H14N6O2. The third-order valence-electron chi connectivity index (χ3n) is 3.20. The van der Waals surface area contributed by atoms with Crippen molar-refractivity contribution in [1.82, 2.24) is 24.8 Å². The minimum absolute atomic E-state index is 0.0377. The van der Waals surface area contributed by atoms with Crippen molar-refractivity contribution in [2.45, 2.75) is 6.54 Å². The smallest absolute Gasteiger partial charge is 0.356 e. The van der Waals surface area contributed by atoms with E-state index in [2.05, 4.69) is 20.7 Å². The molecule has 3 rings (SSSR count). The fourth-order valence-corrected chi connectivity index (χ4v) is 2.07. The SMILES string of the molecule is Cn1nc(C(=O)O)cc1CNc1cccc(-n2ccnn2)c1. The van der Waals surface area contributed by atoms with Crippen LogP contribution in [0.15, 0.2) is 42.7 Å². The van der Waals surface area contributed by atoms with Gasteiger partial charge in [0.15, 0.2) is 5.69 Å². The van der Waals surface area contributed by atoms with Crippen LogP contribution in [0.4, 0.5) is 5.69 Å². The summed E-state index contributed by atoms with van der Waals surface area (Å²) >= 11 is 0. The summed E-state index contributed by atoms with van der Waals surface area (Å²) in [6, 6.07) is 9.24. The molecule has 8 heteroatoms. The number of aryl methyl sites for hydroxylation is 1. The number of nitrogens with zero attached hydrogens (tertiary/aromatic N) is 5. The Balaban J connectivity index is 1.74. The summed E-state index contributed by atoms with van der Waals surface area (Å²) < 4.78 is 3.22. The molecular weight excluding hydrogens is 284 g/mol. The van der Waals surface area contributed by atoms with Crippen LogP contribution in [0, 0.1) is 0 Å². The van der Waals surface area contributed by atoms with Crippen molar-refractivity contribution in [3.8, 4) is 5.69 Å². The third-order valence-corrected chi connectivity index (χ3v) is 3.20. The zero-order chi connectivity index (χ0) is 15.5. The number of carbonyl (C=O) groups is 1. The Morgan fingerprint density at radius 1 is 1.36 bits per heavy atom. The number of anilines is 1. The van der Waals surface area contributed by atoms with E-state index in [1.165, 1.54) is 0 Å². The molecule has 0 amide bonds. The van der Waals surface area contributed by atoms with Gasteiger partial charge in [-0.15, -0.1) is 5.10 Å². The van der Waals surface area contributed by atoms with Gasteiger partial charge in [-0.3, -0.25) is 4.68 Å². The number of hydrogen-bond donors (Lipinski definition) is 2. The van der Waals surface area contributed by atoms with Crippen LogP contribution in [0.1, 0.15) is 16.2 Å². The Morgan fingerprint density at radius 2 is 2.23 bits per heavy atom. The number of nitrogens with one attached hydrogen (secondary N) is 1. The summed E-state index contributed by atoms with van der Waals surface area (Å²) in [6.45, 7) is 0.470. The highest BCUT2D eigenvalue weighted by Gasteiger charge is 2.10. The maximum atomic E-state index is 10.9. The Kier molecular flexibility index (Phi) is 3.57. The lowest BCUT2D eigenvalue weighted by Crippen LogP contribution is -2.06. The van der Waals surface area contributed by atoms with E-state index in [0.29, 0.717) is 6.54 Å². The standard InChI is InChI=1S/C14H14N6O2/c1-19-12(8-13(17-19)14(21)22)9-15-10-3-2-4-11(7-10)20-6-5-16-18-20/h2-8,15H,9H2,1H3,(H,21,22). The first-order chi connectivity index (χ1) is 10.6. The molecule has 0 fully saturated rings. The number of carboxylic acid groups (broad SMARTS) is 1. The maximum absolute atomic E-state index is 10.9. The molecule has 3 aromatic rings. The maximum Gasteiger partial charge on any atom is 0.356 e. The first-order valence-corrected chi connectivity index (χ1v) is 6.60. The van der Waals surface area contributed by atoms with Gasteiger partial charge >= 0.3 is 5.97 Å². The molecule has 2 aromatic heterocycles. The monoisotopic (exact) mass is 298 g/mol. The number of carboxylic acids is 1. The van der Waals surface area contributed by atoms with E-state index in [1.54, 1.807) is 34.9 Å². The van der Waals surface area contributed by atoms with Crippen LogP contribution in [-0.4, -0.2) is 35.9 Å². The number of rotatable bonds is 5. The van der Waals surface area contributed by atoms with Crippen LogP contribution < -0.4 is 5.32 Å². The highest BCUT2D eigenvalue weighted by Crippen LogP contribution is 2.15. The summed E-state index contributed by atoms with van der Waals surface area (Å²) in [5, 5.41) is 23.8. The molecule has 0 aliphatic heterocycles. The first kappa shape index (κ1) is 13.8. The molecule has 0 saturated carbocycles. The zero-order valence-corrected chi connectivity index (χ0v) is 11.8. The van der Waals surface area contributed by atoms with Gasteiger partial charge in [-0.2, -0.15) is 5.10 Å². The Hall–Kier alpha value is -3.16. The number of hydrogen-bond acceptors (Lipinski definition) is 5. The van der Waals surface area contributed by atoms with Crippen molar-refractivity contribution in [2.75, 3.05) is 5.32 Å². The minimum Gasteiger partial charge on any atom is -0.476 e. The van der Waals surface area contributed by atoms with Gasteiger partial charge in [0.05, 0.1) is 30.3 Å². The largest absolute Gasteiger partial charge is 0.476 e. The molecule has 1 aromatic carbocycles. The zero-order valence-electron chi connectivity index (χ0n) is 11.8. The van der Waals surface area contributed by atoms with E-state index in [-0.39, 0.29) is 5.69 Å². The lowest BCUT2D eigenvalue weighted by molar-refractivity contribution is 0.0689. The molecule has 2 N–H and O–H groups in total. The van der Waals surface area contributed by atoms with Crippen LogP contribution >= 0.6 is 0 Å². The van der Waals surface area contributed by atoms with Gasteiger partial charge in [0.25, 0.3) is 0 Å². The van der Waals surface area contributed by atoms with E-state index < -0.39 is 5.97 Å². The van der Waals surface area contributed by atoms with E-state index in [0.717, 1.165) is 17.1 Å². The van der Waals surface area contributed by atoms with Gasteiger partial charge in [-0.25, -0.2) is 9.48 Å². The molecule has 0 atom stereocenters. The summed E-state index contributed by atoms with van der Waals surface area (Å²) in [4.78, 5) is 10.9. The van der Waals surface area contributed by atoms with Crippen molar-refractivity contribution >= 4 is 11.7 Å². The summed E-state index contributed by atoms with van der Waals surface area (Å²) in [5.74, 6) is -1.03. The average molecular weight is 298 g/mol. The van der Waals surface area contributed by atoms with Gasteiger partial charge in [-0.1, -0.05) is 11.3 Å². The fraction of sp³-hybridized carbons (Fsp3) is 0.143. The van der Waals surface area contributed by atoms with Gasteiger partial charge in [0, 0.05) is 12.7 Å². The topological polar surface area (TPSA) is 97.9 Å². The molecule has 0 saturated heterocycles. The van der Waals surface area contributed by atoms with E-state index in [9.17, 15) is 4.79 Å². The molecule has 0 aliphatic carbocycles. The molecule has 2 heterocycles. The summed E-state index contributed by atoms with van der Waals surface area (Å²) in [6.07, 6.45) is 3.38. The Labute approximate surface area is 126 Å². The number of benzene rings is 1. The second-order valence-corrected chi connectivity index (χ2v) is 4.70. The minimum atomic E-state index is -1.03. The first-order valence-electron chi connectivity index (χ1n) is 6.60. The lowest BCUT2D eigenvalue weighted by atomic mass is 10.2. The molecule has 8 nitrogen and oxygen atoms in total. The van der Waals surface area contributed by atoms with Crippen LogP contribution in [0.3, 0.4) is 0 Å². The quantitative estimate of drug-likeness (QED) is 0.737. The van der Waals surface area contributed by atoms with Gasteiger partial charge in [0.2, 0.25) is 0 Å². The Bertz CT molecular complexity index is 794. The van der Waals surface area contributed by atoms with Crippen molar-refractivity contribution < 1.29 is 9.90 Å². The van der Waals surface area contributed by atoms with Gasteiger partial charge in [-0.05, 0) is 24.3 Å². The predicted molar refractivity (Wildman–Crippen MR) is 78.9 cm³/mol. The molecule has 0 radical (unpaired) electrons. The van der Waals surface area contributed by atoms with Crippen molar-refractivity contribution in [1.29, 1.82) is 0 Å². The van der Waals surface area contributed by atoms with Gasteiger partial charge < -0.3 is 10.4 Å². The lowest BCUT2D eigenvalue weighted by Gasteiger charge is -2.08. The predicted octanol–water partition coefficient (Wildman–Crippen LogP) is 1.31. The highest BCUT2D eigenvalue weighted by atomic mass is 16.4. The summed E-state index contributed by atoms with van der Waals surface area (Å²) in [7, 11) is 1.72. The summed E-state index contributed by atoms with van der Waals surface area (Å²) in [5.41, 5.74) is 2.60. The van der Waals surface area contributed by atoms with Crippen LogP contribution in [-0.2, 0) is 13.6 Å². The third kappa shape index (κ3) is 2.80. The van der Waals surface area contributed by atoms with E-state index in [4.69, 9.17) is 5.11 Å². The molecule has 112 valence electrons. The molecule has 0 bridgehead atoms. The van der Waals surface area contributed by atoms with Crippen LogP contribution in [0.2, 0.25) is 0 Å². The molecule has 0 aliphatic rings. The molecule has 0 unspecified atom stereocenters. The highest BCUT2D eigenvalue weighted by molar-refractivity contribution is 5.85. The molecule has 0 spiro atoms. The number of aromatic carboxylic acids is 1. The average Bonchev–Trinajstić information content (AvgIpc) is 3.15. The number of aromatic nitrogens is 5. The van der Waals surface area contributed by atoms with Crippen molar-refractivity contribution in [3.05, 3.63) is 54.1 Å². The van der Waals surface area contributed by atoms with Crippen molar-refractivity contribution in [3.63, 3.8) is 0 Å². The Morgan fingerprint density at radius 3 is 2.91 bits per heavy atom. The fourth-order valence-electron chi connectivity index (χ4n) is 2.07. The van der Waals surface area contributed by atoms with E-state index in [1.807, 2.05) is 24.3 Å². The van der Waals surface area contributed by atoms with E-state index >= 15 is 0 Å². The second kappa shape index (κ2) is 5.68.